The molecular weight excluding hydrogens is 210 g/mol. The van der Waals surface area contributed by atoms with Crippen molar-refractivity contribution in [2.45, 2.75) is 32.2 Å². The largest absolute Gasteiger partial charge is 0.347 e. The molecule has 0 aliphatic heterocycles. The second-order valence-corrected chi connectivity index (χ2v) is 4.76. The van der Waals surface area contributed by atoms with Gasteiger partial charge in [0.1, 0.15) is 0 Å². The van der Waals surface area contributed by atoms with E-state index < -0.39 is 0 Å². The Morgan fingerprint density at radius 3 is 2.47 bits per heavy atom. The number of nitrogens with one attached hydrogen (secondary N) is 1. The van der Waals surface area contributed by atoms with Crippen molar-refractivity contribution in [1.29, 1.82) is 0 Å². The zero-order valence-corrected chi connectivity index (χ0v) is 10.1. The molecule has 1 aromatic rings. The standard InChI is InChI=1S/C12H16ClNO/c1-12(2,3)14-11(15)10-7-5-4-6-9(10)8-13/h4-7H,8H2,1-3H3,(H,14,15). The fourth-order valence-electron chi connectivity index (χ4n) is 1.27. The van der Waals surface area contributed by atoms with Gasteiger partial charge >= 0.3 is 0 Å². The first kappa shape index (κ1) is 12.1. The van der Waals surface area contributed by atoms with E-state index in [1.54, 1.807) is 6.07 Å². The Bertz CT molecular complexity index is 355. The van der Waals surface area contributed by atoms with E-state index in [0.717, 1.165) is 5.56 Å². The maximum absolute atomic E-state index is 11.9. The summed E-state index contributed by atoms with van der Waals surface area (Å²) in [6.45, 7) is 5.86. The molecule has 1 rings (SSSR count). The molecule has 0 aromatic heterocycles. The van der Waals surface area contributed by atoms with Crippen LogP contribution in [0.3, 0.4) is 0 Å². The number of benzene rings is 1. The van der Waals surface area contributed by atoms with Crippen LogP contribution in [-0.2, 0) is 5.88 Å². The van der Waals surface area contributed by atoms with E-state index >= 15 is 0 Å². The molecule has 0 bridgehead atoms. The van der Waals surface area contributed by atoms with E-state index in [9.17, 15) is 4.79 Å². The Morgan fingerprint density at radius 2 is 1.93 bits per heavy atom. The number of halogens is 1. The summed E-state index contributed by atoms with van der Waals surface area (Å²) in [5.74, 6) is 0.284. The van der Waals surface area contributed by atoms with Gasteiger partial charge in [0.25, 0.3) is 5.91 Å². The van der Waals surface area contributed by atoms with Crippen LogP contribution in [0.5, 0.6) is 0 Å². The minimum Gasteiger partial charge on any atom is -0.347 e. The molecule has 0 aliphatic rings. The summed E-state index contributed by atoms with van der Waals surface area (Å²) < 4.78 is 0. The van der Waals surface area contributed by atoms with Crippen molar-refractivity contribution >= 4 is 17.5 Å². The topological polar surface area (TPSA) is 29.1 Å². The summed E-state index contributed by atoms with van der Waals surface area (Å²) in [5.41, 5.74) is 1.29. The van der Waals surface area contributed by atoms with Gasteiger partial charge in [-0.05, 0) is 32.4 Å². The highest BCUT2D eigenvalue weighted by atomic mass is 35.5. The van der Waals surface area contributed by atoms with Crippen molar-refractivity contribution in [2.24, 2.45) is 0 Å². The molecule has 1 N–H and O–H groups in total. The first-order chi connectivity index (χ1) is 6.94. The fourth-order valence-corrected chi connectivity index (χ4v) is 1.50. The van der Waals surface area contributed by atoms with E-state index in [-0.39, 0.29) is 11.4 Å². The molecular formula is C12H16ClNO. The number of hydrogen-bond acceptors (Lipinski definition) is 1. The van der Waals surface area contributed by atoms with Crippen molar-refractivity contribution in [3.8, 4) is 0 Å². The summed E-state index contributed by atoms with van der Waals surface area (Å²) in [6.07, 6.45) is 0. The number of carbonyl (C=O) groups excluding carboxylic acids is 1. The molecule has 1 amide bonds. The van der Waals surface area contributed by atoms with Crippen molar-refractivity contribution in [2.75, 3.05) is 0 Å². The van der Waals surface area contributed by atoms with Gasteiger partial charge in [-0.1, -0.05) is 18.2 Å². The van der Waals surface area contributed by atoms with E-state index in [1.165, 1.54) is 0 Å². The molecule has 2 nitrogen and oxygen atoms in total. The summed E-state index contributed by atoms with van der Waals surface area (Å²) in [4.78, 5) is 11.9. The molecule has 0 heterocycles. The molecule has 15 heavy (non-hydrogen) atoms. The van der Waals surface area contributed by atoms with E-state index in [0.29, 0.717) is 11.4 Å². The predicted molar refractivity (Wildman–Crippen MR) is 63.2 cm³/mol. The normalized spacial score (nSPS) is 11.2. The Morgan fingerprint density at radius 1 is 1.33 bits per heavy atom. The number of amides is 1. The molecule has 82 valence electrons. The third-order valence-electron chi connectivity index (χ3n) is 1.89. The number of carbonyl (C=O) groups is 1. The highest BCUT2D eigenvalue weighted by Gasteiger charge is 2.16. The van der Waals surface area contributed by atoms with Crippen molar-refractivity contribution < 1.29 is 4.79 Å². The lowest BCUT2D eigenvalue weighted by atomic mass is 10.0. The molecule has 0 atom stereocenters. The summed E-state index contributed by atoms with van der Waals surface area (Å²) in [6, 6.07) is 7.38. The molecule has 3 heteroatoms. The monoisotopic (exact) mass is 225 g/mol. The average Bonchev–Trinajstić information content (AvgIpc) is 2.15. The number of hydrogen-bond donors (Lipinski definition) is 1. The SMILES string of the molecule is CC(C)(C)NC(=O)c1ccccc1CCl. The van der Waals surface area contributed by atoms with Gasteiger partial charge in [-0.3, -0.25) is 4.79 Å². The van der Waals surface area contributed by atoms with Gasteiger partial charge in [0.05, 0.1) is 0 Å². The van der Waals surface area contributed by atoms with E-state index in [4.69, 9.17) is 11.6 Å². The van der Waals surface area contributed by atoms with Crippen molar-refractivity contribution in [3.05, 3.63) is 35.4 Å². The maximum atomic E-state index is 11.9. The second kappa shape index (κ2) is 4.67. The van der Waals surface area contributed by atoms with Gasteiger partial charge in [-0.25, -0.2) is 0 Å². The van der Waals surface area contributed by atoms with Crippen LogP contribution in [0.15, 0.2) is 24.3 Å². The molecule has 0 aliphatic carbocycles. The first-order valence-electron chi connectivity index (χ1n) is 4.90. The van der Waals surface area contributed by atoms with Crippen LogP contribution in [0, 0.1) is 0 Å². The summed E-state index contributed by atoms with van der Waals surface area (Å²) in [7, 11) is 0. The van der Waals surface area contributed by atoms with Crippen LogP contribution < -0.4 is 5.32 Å². The minimum absolute atomic E-state index is 0.0706. The van der Waals surface area contributed by atoms with E-state index in [1.807, 2.05) is 39.0 Å². The van der Waals surface area contributed by atoms with Gasteiger partial charge in [0.2, 0.25) is 0 Å². The minimum atomic E-state index is -0.226. The predicted octanol–water partition coefficient (Wildman–Crippen LogP) is 2.95. The lowest BCUT2D eigenvalue weighted by Gasteiger charge is -2.21. The van der Waals surface area contributed by atoms with Crippen LogP contribution in [0.2, 0.25) is 0 Å². The first-order valence-corrected chi connectivity index (χ1v) is 5.44. The Labute approximate surface area is 95.6 Å². The molecule has 0 fully saturated rings. The van der Waals surface area contributed by atoms with Crippen LogP contribution >= 0.6 is 11.6 Å². The van der Waals surface area contributed by atoms with Gasteiger partial charge < -0.3 is 5.32 Å². The zero-order valence-electron chi connectivity index (χ0n) is 9.30. The Balaban J connectivity index is 2.91. The quantitative estimate of drug-likeness (QED) is 0.771. The summed E-state index contributed by atoms with van der Waals surface area (Å²) in [5, 5.41) is 2.91. The highest BCUT2D eigenvalue weighted by Crippen LogP contribution is 2.12. The lowest BCUT2D eigenvalue weighted by molar-refractivity contribution is 0.0919. The maximum Gasteiger partial charge on any atom is 0.252 e. The smallest absolute Gasteiger partial charge is 0.252 e. The third kappa shape index (κ3) is 3.56. The van der Waals surface area contributed by atoms with Crippen LogP contribution in [0.4, 0.5) is 0 Å². The van der Waals surface area contributed by atoms with Gasteiger partial charge in [-0.2, -0.15) is 0 Å². The molecule has 0 spiro atoms. The Hall–Kier alpha value is -1.02. The highest BCUT2D eigenvalue weighted by molar-refractivity contribution is 6.17. The van der Waals surface area contributed by atoms with Gasteiger partial charge in [0, 0.05) is 17.0 Å². The second-order valence-electron chi connectivity index (χ2n) is 4.49. The van der Waals surface area contributed by atoms with Crippen molar-refractivity contribution in [3.63, 3.8) is 0 Å². The molecule has 0 radical (unpaired) electrons. The van der Waals surface area contributed by atoms with Crippen LogP contribution in [-0.4, -0.2) is 11.4 Å². The third-order valence-corrected chi connectivity index (χ3v) is 2.18. The van der Waals surface area contributed by atoms with E-state index in [2.05, 4.69) is 5.32 Å². The molecule has 0 saturated heterocycles. The fraction of sp³-hybridized carbons (Fsp3) is 0.417. The molecule has 1 aromatic carbocycles. The number of alkyl halides is 1. The average molecular weight is 226 g/mol. The lowest BCUT2D eigenvalue weighted by Crippen LogP contribution is -2.40. The van der Waals surface area contributed by atoms with Gasteiger partial charge in [0.15, 0.2) is 0 Å². The van der Waals surface area contributed by atoms with Gasteiger partial charge in [-0.15, -0.1) is 11.6 Å². The Kier molecular flexibility index (Phi) is 3.75. The van der Waals surface area contributed by atoms with Crippen LogP contribution in [0.1, 0.15) is 36.7 Å². The zero-order chi connectivity index (χ0) is 11.5. The van der Waals surface area contributed by atoms with Crippen LogP contribution in [0.25, 0.3) is 0 Å². The number of rotatable bonds is 2. The summed E-state index contributed by atoms with van der Waals surface area (Å²) >= 11 is 5.77. The molecule has 0 unspecified atom stereocenters. The van der Waals surface area contributed by atoms with Crippen molar-refractivity contribution in [1.82, 2.24) is 5.32 Å². The molecule has 0 saturated carbocycles.